The Morgan fingerprint density at radius 1 is 1.25 bits per heavy atom. The van der Waals surface area contributed by atoms with E-state index in [1.807, 2.05) is 4.90 Å². The molecule has 1 aromatic carbocycles. The Morgan fingerprint density at radius 2 is 1.80 bits per heavy atom. The van der Waals surface area contributed by atoms with Crippen molar-refractivity contribution in [2.24, 2.45) is 4.40 Å². The highest BCUT2D eigenvalue weighted by atomic mass is 32.2. The second kappa shape index (κ2) is 5.58. The molecule has 0 aliphatic carbocycles. The molecule has 0 amide bonds. The number of nitro benzene ring substituents is 1. The van der Waals surface area contributed by atoms with E-state index in [1.54, 1.807) is 0 Å². The van der Waals surface area contributed by atoms with E-state index in [9.17, 15) is 18.5 Å². The zero-order valence-corrected chi connectivity index (χ0v) is 11.8. The van der Waals surface area contributed by atoms with Crippen molar-refractivity contribution in [3.05, 3.63) is 39.9 Å². The fraction of sp³-hybridized carbons (Fsp3) is 0.417. The molecule has 1 aliphatic rings. The second-order valence-corrected chi connectivity index (χ2v) is 6.29. The minimum absolute atomic E-state index is 0.0334. The van der Waals surface area contributed by atoms with Gasteiger partial charge in [-0.3, -0.25) is 10.1 Å². The Morgan fingerprint density at radius 3 is 2.25 bits per heavy atom. The lowest BCUT2D eigenvalue weighted by atomic mass is 10.2. The first kappa shape index (κ1) is 14.4. The number of nitro groups is 1. The molecule has 8 heteroatoms. The summed E-state index contributed by atoms with van der Waals surface area (Å²) in [6.07, 6.45) is 3.00. The number of hydrogen-bond donors (Lipinski definition) is 0. The Bertz CT molecular complexity index is 631. The van der Waals surface area contributed by atoms with Gasteiger partial charge in [-0.15, -0.1) is 4.40 Å². The maximum atomic E-state index is 11.4. The average molecular weight is 297 g/mol. The largest absolute Gasteiger partial charge is 0.355 e. The van der Waals surface area contributed by atoms with Crippen LogP contribution in [0.3, 0.4) is 0 Å². The third kappa shape index (κ3) is 3.53. The van der Waals surface area contributed by atoms with E-state index in [0.29, 0.717) is 11.4 Å². The molecule has 2 rings (SSSR count). The molecule has 0 N–H and O–H groups in total. The van der Waals surface area contributed by atoms with E-state index in [0.717, 1.165) is 32.2 Å². The van der Waals surface area contributed by atoms with Gasteiger partial charge in [0.25, 0.3) is 15.7 Å². The topological polar surface area (TPSA) is 92.9 Å². The summed E-state index contributed by atoms with van der Waals surface area (Å²) in [6.45, 7) is 1.48. The summed E-state index contributed by atoms with van der Waals surface area (Å²) in [6, 6.07) is 5.76. The molecular weight excluding hydrogens is 282 g/mol. The summed E-state index contributed by atoms with van der Waals surface area (Å²) in [7, 11) is -3.52. The summed E-state index contributed by atoms with van der Waals surface area (Å²) < 4.78 is 26.6. The molecule has 1 fully saturated rings. The average Bonchev–Trinajstić information content (AvgIpc) is 2.89. The van der Waals surface area contributed by atoms with Crippen LogP contribution in [0, 0.1) is 10.1 Å². The minimum Gasteiger partial charge on any atom is -0.355 e. The molecule has 0 bridgehead atoms. The van der Waals surface area contributed by atoms with Gasteiger partial charge < -0.3 is 4.90 Å². The second-order valence-electron chi connectivity index (χ2n) is 4.65. The van der Waals surface area contributed by atoms with Crippen LogP contribution in [0.15, 0.2) is 28.7 Å². The van der Waals surface area contributed by atoms with E-state index >= 15 is 0 Å². The summed E-state index contributed by atoms with van der Waals surface area (Å²) in [5.41, 5.74) is 0.539. The maximum Gasteiger partial charge on any atom is 0.269 e. The van der Waals surface area contributed by atoms with Gasteiger partial charge in [-0.1, -0.05) is 0 Å². The molecule has 108 valence electrons. The molecule has 20 heavy (non-hydrogen) atoms. The van der Waals surface area contributed by atoms with Crippen molar-refractivity contribution >= 4 is 21.5 Å². The quantitative estimate of drug-likeness (QED) is 0.364. The SMILES string of the molecule is CS(=O)(=O)/N=C(\c1ccc([N+](=O)[O-])cc1)N1CCCC1. The van der Waals surface area contributed by atoms with Gasteiger partial charge >= 0.3 is 0 Å². The van der Waals surface area contributed by atoms with Crippen molar-refractivity contribution in [2.75, 3.05) is 19.3 Å². The smallest absolute Gasteiger partial charge is 0.269 e. The van der Waals surface area contributed by atoms with E-state index in [-0.39, 0.29) is 5.69 Å². The van der Waals surface area contributed by atoms with E-state index in [4.69, 9.17) is 0 Å². The van der Waals surface area contributed by atoms with Crippen molar-refractivity contribution in [2.45, 2.75) is 12.8 Å². The van der Waals surface area contributed by atoms with Crippen LogP contribution in [0.2, 0.25) is 0 Å². The Labute approximate surface area is 117 Å². The third-order valence-corrected chi connectivity index (χ3v) is 3.50. The third-order valence-electron chi connectivity index (χ3n) is 2.99. The van der Waals surface area contributed by atoms with Crippen LogP contribution < -0.4 is 0 Å². The molecule has 0 saturated carbocycles. The van der Waals surface area contributed by atoms with Crippen molar-refractivity contribution in [3.63, 3.8) is 0 Å². The number of sulfonamides is 1. The Kier molecular flexibility index (Phi) is 4.03. The first-order valence-electron chi connectivity index (χ1n) is 6.16. The van der Waals surface area contributed by atoms with Gasteiger partial charge in [0.2, 0.25) is 0 Å². The molecule has 7 nitrogen and oxygen atoms in total. The van der Waals surface area contributed by atoms with Crippen LogP contribution in [-0.4, -0.2) is 43.4 Å². The van der Waals surface area contributed by atoms with Gasteiger partial charge in [-0.05, 0) is 25.0 Å². The lowest BCUT2D eigenvalue weighted by molar-refractivity contribution is -0.384. The van der Waals surface area contributed by atoms with Crippen LogP contribution in [-0.2, 0) is 10.0 Å². The highest BCUT2D eigenvalue weighted by Crippen LogP contribution is 2.18. The minimum atomic E-state index is -3.52. The lowest BCUT2D eigenvalue weighted by Crippen LogP contribution is -2.29. The van der Waals surface area contributed by atoms with Crippen molar-refractivity contribution < 1.29 is 13.3 Å². The van der Waals surface area contributed by atoms with Gasteiger partial charge in [0.15, 0.2) is 0 Å². The highest BCUT2D eigenvalue weighted by Gasteiger charge is 2.20. The summed E-state index contributed by atoms with van der Waals surface area (Å²) >= 11 is 0. The summed E-state index contributed by atoms with van der Waals surface area (Å²) in [5.74, 6) is 0.361. The van der Waals surface area contributed by atoms with Crippen molar-refractivity contribution in [3.8, 4) is 0 Å². The van der Waals surface area contributed by atoms with E-state index < -0.39 is 14.9 Å². The molecule has 0 radical (unpaired) electrons. The van der Waals surface area contributed by atoms with Gasteiger partial charge in [0.05, 0.1) is 11.2 Å². The fourth-order valence-electron chi connectivity index (χ4n) is 2.11. The molecular formula is C12H15N3O4S. The van der Waals surface area contributed by atoms with Gasteiger partial charge in [-0.25, -0.2) is 8.42 Å². The first-order chi connectivity index (χ1) is 9.37. The number of benzene rings is 1. The van der Waals surface area contributed by atoms with Crippen LogP contribution in [0.1, 0.15) is 18.4 Å². The molecule has 1 aliphatic heterocycles. The highest BCUT2D eigenvalue weighted by molar-refractivity contribution is 7.89. The molecule has 0 atom stereocenters. The predicted octanol–water partition coefficient (Wildman–Crippen LogP) is 1.40. The normalized spacial score (nSPS) is 16.4. The molecule has 1 aromatic rings. The number of nitrogens with zero attached hydrogens (tertiary/aromatic N) is 3. The number of non-ortho nitro benzene ring substituents is 1. The van der Waals surface area contributed by atoms with Crippen LogP contribution in [0.25, 0.3) is 0 Å². The molecule has 1 heterocycles. The number of hydrogen-bond acceptors (Lipinski definition) is 4. The van der Waals surface area contributed by atoms with Gasteiger partial charge in [-0.2, -0.15) is 0 Å². The zero-order chi connectivity index (χ0) is 14.8. The number of amidine groups is 1. The molecule has 0 unspecified atom stereocenters. The number of likely N-dealkylation sites (tertiary alicyclic amines) is 1. The van der Waals surface area contributed by atoms with Crippen LogP contribution in [0.5, 0.6) is 0 Å². The summed E-state index contributed by atoms with van der Waals surface area (Å²) in [4.78, 5) is 12.0. The Hall–Kier alpha value is -1.96. The van der Waals surface area contributed by atoms with E-state index in [2.05, 4.69) is 4.40 Å². The van der Waals surface area contributed by atoms with E-state index in [1.165, 1.54) is 24.3 Å². The lowest BCUT2D eigenvalue weighted by Gasteiger charge is -2.19. The zero-order valence-electron chi connectivity index (χ0n) is 11.0. The van der Waals surface area contributed by atoms with Crippen molar-refractivity contribution in [1.29, 1.82) is 0 Å². The monoisotopic (exact) mass is 297 g/mol. The molecule has 0 spiro atoms. The Balaban J connectivity index is 2.40. The molecule has 1 saturated heterocycles. The number of rotatable bonds is 3. The fourth-order valence-corrected chi connectivity index (χ4v) is 2.65. The first-order valence-corrected chi connectivity index (χ1v) is 8.01. The predicted molar refractivity (Wildman–Crippen MR) is 75.3 cm³/mol. The van der Waals surface area contributed by atoms with Gasteiger partial charge in [0.1, 0.15) is 5.84 Å². The maximum absolute atomic E-state index is 11.4. The van der Waals surface area contributed by atoms with Crippen molar-refractivity contribution in [1.82, 2.24) is 4.90 Å². The van der Waals surface area contributed by atoms with Gasteiger partial charge in [0, 0.05) is 30.8 Å². The van der Waals surface area contributed by atoms with Crippen LogP contribution in [0.4, 0.5) is 5.69 Å². The standard InChI is InChI=1S/C12H15N3O4S/c1-20(18,19)13-12(14-8-2-3-9-14)10-4-6-11(7-5-10)15(16)17/h4-7H,2-3,8-9H2,1H3/b13-12+. The van der Waals surface area contributed by atoms with Crippen LogP contribution >= 0.6 is 0 Å². The molecule has 0 aromatic heterocycles. The summed E-state index contributed by atoms with van der Waals surface area (Å²) in [5, 5.41) is 10.6.